The molecule has 0 spiro atoms. The number of aryl methyl sites for hydroxylation is 4. The van der Waals surface area contributed by atoms with Crippen LogP contribution in [0.2, 0.25) is 0 Å². The lowest BCUT2D eigenvalue weighted by Gasteiger charge is -2.02. The fourth-order valence-corrected chi connectivity index (χ4v) is 5.21. The number of fused-ring (bicyclic) bond motifs is 2. The minimum atomic E-state index is 0.669. The Bertz CT molecular complexity index is 1550. The molecule has 0 atom stereocenters. The molecule has 4 heterocycles. The predicted octanol–water partition coefficient (Wildman–Crippen LogP) is 10.2. The molecule has 6 heteroatoms. The first-order valence-corrected chi connectivity index (χ1v) is 14.7. The van der Waals surface area contributed by atoms with Crippen molar-refractivity contribution in [1.29, 1.82) is 0 Å². The molecule has 0 amide bonds. The molecule has 194 valence electrons. The summed E-state index contributed by atoms with van der Waals surface area (Å²) in [5.74, 6) is 0.669. The summed E-state index contributed by atoms with van der Waals surface area (Å²) >= 11 is 3.43. The van der Waals surface area contributed by atoms with E-state index in [2.05, 4.69) is 77.2 Å². The monoisotopic (exact) mass is 531 g/mol. The Morgan fingerprint density at radius 2 is 1.62 bits per heavy atom. The molecule has 0 saturated heterocycles. The Hall–Kier alpha value is -3.22. The van der Waals surface area contributed by atoms with E-state index in [4.69, 9.17) is 4.42 Å². The molecule has 37 heavy (non-hydrogen) atoms. The Kier molecular flexibility index (Phi) is 10.2. The van der Waals surface area contributed by atoms with E-state index in [9.17, 15) is 0 Å². The van der Waals surface area contributed by atoms with E-state index in [1.165, 1.54) is 32.6 Å². The van der Waals surface area contributed by atoms with Crippen molar-refractivity contribution in [3.63, 3.8) is 0 Å². The maximum Gasteiger partial charge on any atom is 0.239 e. The van der Waals surface area contributed by atoms with Crippen LogP contribution in [-0.2, 0) is 6.42 Å². The Morgan fingerprint density at radius 1 is 0.892 bits per heavy atom. The van der Waals surface area contributed by atoms with Crippen LogP contribution in [0.15, 0.2) is 70.7 Å². The first kappa shape index (κ1) is 28.4. The number of thiazole rings is 1. The van der Waals surface area contributed by atoms with Gasteiger partial charge in [0.2, 0.25) is 5.89 Å². The summed E-state index contributed by atoms with van der Waals surface area (Å²) in [5, 5.41) is 4.62. The second-order valence-electron chi connectivity index (χ2n) is 8.13. The zero-order valence-electron chi connectivity index (χ0n) is 23.1. The molecule has 0 aliphatic rings. The minimum absolute atomic E-state index is 0.669. The van der Waals surface area contributed by atoms with E-state index in [1.54, 1.807) is 22.7 Å². The van der Waals surface area contributed by atoms with Crippen LogP contribution >= 0.6 is 22.7 Å². The number of nitrogens with zero attached hydrogens (tertiary/aromatic N) is 3. The van der Waals surface area contributed by atoms with E-state index >= 15 is 0 Å². The lowest BCUT2D eigenvalue weighted by atomic mass is 10.2. The third-order valence-corrected chi connectivity index (χ3v) is 7.43. The number of aromatic nitrogens is 3. The number of oxazole rings is 1. The standard InChI is InChI=1S/C14H13NS.C13H12N2OS.2C2H6/c1-10-3-4-14-12(7-10)5-6-15(14)13-8-11(2)16-9-13;1-3-12-14-7-11(17-12)13-15-9-5-4-8(2)6-10(9)16-13;2*1-2/h3-9H,1-2H3;4-7H,3H2,1-2H3;2*1-2H3. The van der Waals surface area contributed by atoms with Gasteiger partial charge >= 0.3 is 0 Å². The number of thiophene rings is 1. The van der Waals surface area contributed by atoms with Crippen molar-refractivity contribution in [2.24, 2.45) is 0 Å². The highest BCUT2D eigenvalue weighted by Crippen LogP contribution is 2.29. The second-order valence-corrected chi connectivity index (χ2v) is 10.4. The van der Waals surface area contributed by atoms with Crippen molar-refractivity contribution in [1.82, 2.24) is 14.5 Å². The zero-order chi connectivity index (χ0) is 26.9. The molecule has 4 nitrogen and oxygen atoms in total. The molecule has 0 saturated carbocycles. The van der Waals surface area contributed by atoms with Gasteiger partial charge in [-0.2, -0.15) is 0 Å². The van der Waals surface area contributed by atoms with Gasteiger partial charge in [-0.3, -0.25) is 0 Å². The van der Waals surface area contributed by atoms with Crippen LogP contribution in [0.4, 0.5) is 0 Å². The quantitative estimate of drug-likeness (QED) is 0.228. The van der Waals surface area contributed by atoms with Crippen LogP contribution in [0, 0.1) is 20.8 Å². The summed E-state index contributed by atoms with van der Waals surface area (Å²) in [6.45, 7) is 16.4. The Balaban J connectivity index is 0.000000182. The lowest BCUT2D eigenvalue weighted by molar-refractivity contribution is 0.621. The van der Waals surface area contributed by atoms with E-state index < -0.39 is 0 Å². The summed E-state index contributed by atoms with van der Waals surface area (Å²) < 4.78 is 8.00. The van der Waals surface area contributed by atoms with Gasteiger partial charge < -0.3 is 8.98 Å². The highest BCUT2D eigenvalue weighted by molar-refractivity contribution is 7.15. The van der Waals surface area contributed by atoms with Crippen LogP contribution in [0.5, 0.6) is 0 Å². The molecule has 0 radical (unpaired) electrons. The molecule has 4 aromatic heterocycles. The Morgan fingerprint density at radius 3 is 2.30 bits per heavy atom. The minimum Gasteiger partial charge on any atom is -0.435 e. The summed E-state index contributed by atoms with van der Waals surface area (Å²) in [5.41, 5.74) is 6.78. The SMILES string of the molecule is CC.CC.CCc1ncc(-c2nc3ccc(C)cc3o2)s1.Cc1ccc2c(ccn2-c2csc(C)c2)c1. The van der Waals surface area contributed by atoms with Gasteiger partial charge in [-0.15, -0.1) is 22.7 Å². The molecule has 2 aromatic carbocycles. The van der Waals surface area contributed by atoms with Crippen molar-refractivity contribution >= 4 is 44.7 Å². The van der Waals surface area contributed by atoms with Crippen LogP contribution in [0.1, 0.15) is 55.6 Å². The number of hydrogen-bond donors (Lipinski definition) is 0. The third-order valence-electron chi connectivity index (χ3n) is 5.45. The average molecular weight is 532 g/mol. The maximum atomic E-state index is 5.75. The van der Waals surface area contributed by atoms with Gasteiger partial charge in [0, 0.05) is 21.8 Å². The smallest absolute Gasteiger partial charge is 0.239 e. The molecule has 6 rings (SSSR count). The van der Waals surface area contributed by atoms with Gasteiger partial charge in [-0.25, -0.2) is 9.97 Å². The molecule has 0 aliphatic carbocycles. The predicted molar refractivity (Wildman–Crippen MR) is 163 cm³/mol. The van der Waals surface area contributed by atoms with E-state index in [0.29, 0.717) is 5.89 Å². The van der Waals surface area contributed by atoms with Gasteiger partial charge in [0.1, 0.15) is 10.4 Å². The summed E-state index contributed by atoms with van der Waals surface area (Å²) in [4.78, 5) is 11.1. The number of benzene rings is 2. The summed E-state index contributed by atoms with van der Waals surface area (Å²) in [6, 6.07) is 17.0. The number of hydrogen-bond acceptors (Lipinski definition) is 5. The van der Waals surface area contributed by atoms with Crippen LogP contribution in [0.25, 0.3) is 38.5 Å². The fraction of sp³-hybridized carbons (Fsp3) is 0.290. The van der Waals surface area contributed by atoms with Crippen molar-refractivity contribution in [3.8, 4) is 16.5 Å². The maximum absolute atomic E-state index is 5.75. The largest absolute Gasteiger partial charge is 0.435 e. The highest BCUT2D eigenvalue weighted by atomic mass is 32.1. The van der Waals surface area contributed by atoms with Crippen molar-refractivity contribution < 1.29 is 4.42 Å². The normalized spacial score (nSPS) is 10.3. The van der Waals surface area contributed by atoms with Crippen LogP contribution in [-0.4, -0.2) is 14.5 Å². The van der Waals surface area contributed by atoms with Crippen molar-refractivity contribution in [2.75, 3.05) is 0 Å². The first-order valence-electron chi connectivity index (χ1n) is 13.0. The fourth-order valence-electron chi connectivity index (χ4n) is 3.75. The Labute approximate surface area is 228 Å². The van der Waals surface area contributed by atoms with Gasteiger partial charge in [0.25, 0.3) is 0 Å². The van der Waals surface area contributed by atoms with Gasteiger partial charge in [0.15, 0.2) is 5.58 Å². The van der Waals surface area contributed by atoms with Crippen LogP contribution in [0.3, 0.4) is 0 Å². The van der Waals surface area contributed by atoms with Gasteiger partial charge in [0.05, 0.1) is 22.4 Å². The molecule has 0 aliphatic heterocycles. The van der Waals surface area contributed by atoms with E-state index in [0.717, 1.165) is 27.4 Å². The molecule has 0 unspecified atom stereocenters. The van der Waals surface area contributed by atoms with Crippen LogP contribution < -0.4 is 0 Å². The summed E-state index contributed by atoms with van der Waals surface area (Å²) in [6.07, 6.45) is 4.93. The highest BCUT2D eigenvalue weighted by Gasteiger charge is 2.11. The molecule has 0 bridgehead atoms. The summed E-state index contributed by atoms with van der Waals surface area (Å²) in [7, 11) is 0. The zero-order valence-corrected chi connectivity index (χ0v) is 24.8. The average Bonchev–Trinajstić information content (AvgIpc) is 3.72. The third kappa shape index (κ3) is 6.76. The van der Waals surface area contributed by atoms with Crippen molar-refractivity contribution in [2.45, 2.75) is 61.8 Å². The molecular formula is C31H37N3OS2. The van der Waals surface area contributed by atoms with Crippen molar-refractivity contribution in [3.05, 3.63) is 87.3 Å². The first-order chi connectivity index (χ1) is 18.0. The molecule has 0 N–H and O–H groups in total. The topological polar surface area (TPSA) is 43.9 Å². The van der Waals surface area contributed by atoms with E-state index in [-0.39, 0.29) is 0 Å². The molecular weight excluding hydrogens is 494 g/mol. The second kappa shape index (κ2) is 13.4. The molecule has 0 fully saturated rings. The number of rotatable bonds is 3. The van der Waals surface area contributed by atoms with Gasteiger partial charge in [-0.05, 0) is 69.2 Å². The lowest BCUT2D eigenvalue weighted by Crippen LogP contribution is -1.88. The van der Waals surface area contributed by atoms with E-state index in [1.807, 2.05) is 59.0 Å². The van der Waals surface area contributed by atoms with Gasteiger partial charge in [-0.1, -0.05) is 52.3 Å². The molecule has 6 aromatic rings.